The first-order valence-corrected chi connectivity index (χ1v) is 7.67. The molecule has 24 heavy (non-hydrogen) atoms. The Labute approximate surface area is 143 Å². The maximum Gasteiger partial charge on any atom is 0.129 e. The van der Waals surface area contributed by atoms with Crippen molar-refractivity contribution in [3.63, 3.8) is 0 Å². The van der Waals surface area contributed by atoms with Gasteiger partial charge in [-0.3, -0.25) is 0 Å². The molecule has 0 radical (unpaired) electrons. The molecule has 4 heteroatoms. The highest BCUT2D eigenvalue weighted by molar-refractivity contribution is 5.77. The molecule has 0 aromatic heterocycles. The summed E-state index contributed by atoms with van der Waals surface area (Å²) in [5.41, 5.74) is 3.92. The maximum absolute atomic E-state index is 5.53. The van der Waals surface area contributed by atoms with E-state index in [1.165, 1.54) is 0 Å². The van der Waals surface area contributed by atoms with E-state index in [2.05, 4.69) is 0 Å². The van der Waals surface area contributed by atoms with E-state index in [1.807, 2.05) is 50.3 Å². The highest BCUT2D eigenvalue weighted by Crippen LogP contribution is 2.33. The summed E-state index contributed by atoms with van der Waals surface area (Å²) in [7, 11) is 6.65. The van der Waals surface area contributed by atoms with Gasteiger partial charge in [0.25, 0.3) is 0 Å². The number of aryl methyl sites for hydroxylation is 2. The summed E-state index contributed by atoms with van der Waals surface area (Å²) in [6.45, 7) is 3.99. The molecule has 2 rings (SSSR count). The van der Waals surface area contributed by atoms with Crippen LogP contribution >= 0.6 is 0 Å². The van der Waals surface area contributed by atoms with Crippen molar-refractivity contribution in [3.05, 3.63) is 46.5 Å². The van der Waals surface area contributed by atoms with Crippen molar-refractivity contribution in [3.8, 4) is 23.0 Å². The van der Waals surface area contributed by atoms with Gasteiger partial charge in [-0.15, -0.1) is 0 Å². The van der Waals surface area contributed by atoms with E-state index in [0.29, 0.717) is 0 Å². The van der Waals surface area contributed by atoms with Gasteiger partial charge in [0, 0.05) is 11.1 Å². The monoisotopic (exact) mass is 328 g/mol. The lowest BCUT2D eigenvalue weighted by atomic mass is 10.0. The van der Waals surface area contributed by atoms with Crippen LogP contribution in [-0.4, -0.2) is 28.4 Å². The molecule has 2 aromatic rings. The zero-order valence-corrected chi connectivity index (χ0v) is 15.1. The molecule has 0 bridgehead atoms. The van der Waals surface area contributed by atoms with Crippen molar-refractivity contribution < 1.29 is 18.9 Å². The minimum Gasteiger partial charge on any atom is -0.497 e. The van der Waals surface area contributed by atoms with Crippen LogP contribution in [0.1, 0.15) is 22.3 Å². The molecule has 0 aliphatic rings. The Morgan fingerprint density at radius 2 is 0.958 bits per heavy atom. The van der Waals surface area contributed by atoms with Gasteiger partial charge < -0.3 is 18.9 Å². The van der Waals surface area contributed by atoms with Gasteiger partial charge in [0.05, 0.1) is 28.4 Å². The summed E-state index contributed by atoms with van der Waals surface area (Å²) in [5.74, 6) is 3.24. The summed E-state index contributed by atoms with van der Waals surface area (Å²) in [4.78, 5) is 0. The van der Waals surface area contributed by atoms with Gasteiger partial charge in [-0.1, -0.05) is 12.2 Å². The van der Waals surface area contributed by atoms with E-state index in [4.69, 9.17) is 18.9 Å². The molecule has 0 aliphatic carbocycles. The number of rotatable bonds is 6. The molecule has 4 nitrogen and oxygen atoms in total. The largest absolute Gasteiger partial charge is 0.497 e. The van der Waals surface area contributed by atoms with Crippen LogP contribution in [-0.2, 0) is 0 Å². The lowest BCUT2D eigenvalue weighted by Gasteiger charge is -2.13. The SMILES string of the molecule is COc1cc(C)c(OC)c(C=Cc2cc(OC)cc(C)c2OC)c1. The number of benzene rings is 2. The summed E-state index contributed by atoms with van der Waals surface area (Å²) < 4.78 is 21.8. The number of hydrogen-bond acceptors (Lipinski definition) is 4. The Bertz CT molecular complexity index is 684. The molecular formula is C20H24O4. The van der Waals surface area contributed by atoms with Gasteiger partial charge in [-0.2, -0.15) is 0 Å². The van der Waals surface area contributed by atoms with Crippen molar-refractivity contribution in [1.82, 2.24) is 0 Å². The van der Waals surface area contributed by atoms with Crippen LogP contribution in [0.5, 0.6) is 23.0 Å². The molecule has 128 valence electrons. The quantitative estimate of drug-likeness (QED) is 0.731. The molecule has 0 heterocycles. The molecule has 0 atom stereocenters. The average molecular weight is 328 g/mol. The van der Waals surface area contributed by atoms with Crippen molar-refractivity contribution >= 4 is 12.2 Å². The molecule has 0 aliphatic heterocycles. The van der Waals surface area contributed by atoms with Gasteiger partial charge in [0.1, 0.15) is 23.0 Å². The zero-order chi connectivity index (χ0) is 17.7. The lowest BCUT2D eigenvalue weighted by Crippen LogP contribution is -1.94. The van der Waals surface area contributed by atoms with Gasteiger partial charge in [-0.25, -0.2) is 0 Å². The number of hydrogen-bond donors (Lipinski definition) is 0. The highest BCUT2D eigenvalue weighted by Gasteiger charge is 2.10. The van der Waals surface area contributed by atoms with E-state index < -0.39 is 0 Å². The lowest BCUT2D eigenvalue weighted by molar-refractivity contribution is 0.399. The third-order valence-electron chi connectivity index (χ3n) is 3.88. The van der Waals surface area contributed by atoms with Crippen LogP contribution in [0.3, 0.4) is 0 Å². The van der Waals surface area contributed by atoms with E-state index in [0.717, 1.165) is 45.3 Å². The smallest absolute Gasteiger partial charge is 0.129 e. The molecule has 0 N–H and O–H groups in total. The molecule has 0 spiro atoms. The molecule has 0 unspecified atom stereocenters. The topological polar surface area (TPSA) is 36.9 Å². The standard InChI is InChI=1S/C20H24O4/c1-13-9-17(21-3)11-15(19(13)23-5)7-8-16-12-18(22-4)10-14(2)20(16)24-6/h7-12H,1-6H3. The summed E-state index contributed by atoms with van der Waals surface area (Å²) >= 11 is 0. The first-order valence-electron chi connectivity index (χ1n) is 7.67. The third-order valence-corrected chi connectivity index (χ3v) is 3.88. The summed E-state index contributed by atoms with van der Waals surface area (Å²) in [6, 6.07) is 7.79. The molecule has 2 aromatic carbocycles. The van der Waals surface area contributed by atoms with Crippen LogP contribution in [0.15, 0.2) is 24.3 Å². The molecule has 0 saturated heterocycles. The fourth-order valence-electron chi connectivity index (χ4n) is 2.75. The second kappa shape index (κ2) is 7.77. The first kappa shape index (κ1) is 17.7. The predicted molar refractivity (Wildman–Crippen MR) is 97.5 cm³/mol. The van der Waals surface area contributed by atoms with Gasteiger partial charge in [-0.05, 0) is 49.2 Å². The summed E-state index contributed by atoms with van der Waals surface area (Å²) in [5, 5.41) is 0. The van der Waals surface area contributed by atoms with Gasteiger partial charge >= 0.3 is 0 Å². The average Bonchev–Trinajstić information content (AvgIpc) is 2.58. The predicted octanol–water partition coefficient (Wildman–Crippen LogP) is 4.51. The fourth-order valence-corrected chi connectivity index (χ4v) is 2.75. The summed E-state index contributed by atoms with van der Waals surface area (Å²) in [6.07, 6.45) is 3.98. The van der Waals surface area contributed by atoms with Crippen LogP contribution in [0.4, 0.5) is 0 Å². The van der Waals surface area contributed by atoms with Crippen molar-refractivity contribution in [2.45, 2.75) is 13.8 Å². The van der Waals surface area contributed by atoms with Crippen LogP contribution in [0.2, 0.25) is 0 Å². The molecule has 0 amide bonds. The van der Waals surface area contributed by atoms with E-state index in [9.17, 15) is 0 Å². The highest BCUT2D eigenvalue weighted by atomic mass is 16.5. The first-order chi connectivity index (χ1) is 11.5. The Balaban J connectivity index is 2.51. The number of methoxy groups -OCH3 is 4. The molecular weight excluding hydrogens is 304 g/mol. The van der Waals surface area contributed by atoms with Gasteiger partial charge in [0.2, 0.25) is 0 Å². The Morgan fingerprint density at radius 1 is 0.583 bits per heavy atom. The van der Waals surface area contributed by atoms with E-state index in [1.54, 1.807) is 28.4 Å². The Hall–Kier alpha value is -2.62. The third kappa shape index (κ3) is 3.65. The second-order valence-corrected chi connectivity index (χ2v) is 5.47. The molecule has 0 saturated carbocycles. The fraction of sp³-hybridized carbons (Fsp3) is 0.300. The van der Waals surface area contributed by atoms with Crippen molar-refractivity contribution in [2.24, 2.45) is 0 Å². The second-order valence-electron chi connectivity index (χ2n) is 5.47. The van der Waals surface area contributed by atoms with Crippen molar-refractivity contribution in [2.75, 3.05) is 28.4 Å². The Kier molecular flexibility index (Phi) is 5.74. The van der Waals surface area contributed by atoms with Gasteiger partial charge in [0.15, 0.2) is 0 Å². The van der Waals surface area contributed by atoms with Crippen LogP contribution in [0, 0.1) is 13.8 Å². The van der Waals surface area contributed by atoms with E-state index >= 15 is 0 Å². The maximum atomic E-state index is 5.53. The van der Waals surface area contributed by atoms with Crippen LogP contribution < -0.4 is 18.9 Å². The minimum atomic E-state index is 0.793. The van der Waals surface area contributed by atoms with Crippen LogP contribution in [0.25, 0.3) is 12.2 Å². The normalized spacial score (nSPS) is 10.8. The molecule has 0 fully saturated rings. The zero-order valence-electron chi connectivity index (χ0n) is 15.1. The van der Waals surface area contributed by atoms with Crippen molar-refractivity contribution in [1.29, 1.82) is 0 Å². The van der Waals surface area contributed by atoms with E-state index in [-0.39, 0.29) is 0 Å². The number of ether oxygens (including phenoxy) is 4. The minimum absolute atomic E-state index is 0.793. The Morgan fingerprint density at radius 3 is 1.25 bits per heavy atom.